The van der Waals surface area contributed by atoms with E-state index in [-0.39, 0.29) is 23.8 Å². The number of rotatable bonds is 3. The number of nitrogens with zero attached hydrogens (tertiary/aromatic N) is 2. The summed E-state index contributed by atoms with van der Waals surface area (Å²) in [5.74, 6) is -0.584. The largest absolute Gasteiger partial charge is 0.347 e. The first kappa shape index (κ1) is 15.4. The lowest BCUT2D eigenvalue weighted by Crippen LogP contribution is -2.22. The summed E-state index contributed by atoms with van der Waals surface area (Å²) in [6.45, 7) is 2.03. The standard InChI is InChI=1S/C16H14FN3O2S/c1-9-12-15(19-8-20(2)16(12)22)23-13(9)14(21)18-7-10-3-5-11(17)6-4-10/h3-6,8H,7H2,1-2H3,(H,18,21). The molecule has 1 aromatic carbocycles. The van der Waals surface area contributed by atoms with Crippen molar-refractivity contribution in [1.29, 1.82) is 0 Å². The minimum atomic E-state index is -0.317. The van der Waals surface area contributed by atoms with E-state index in [0.717, 1.165) is 5.56 Å². The Morgan fingerprint density at radius 2 is 2.04 bits per heavy atom. The fourth-order valence-electron chi connectivity index (χ4n) is 2.29. The smallest absolute Gasteiger partial charge is 0.262 e. The minimum Gasteiger partial charge on any atom is -0.347 e. The number of thiophene rings is 1. The zero-order valence-electron chi connectivity index (χ0n) is 12.6. The third kappa shape index (κ3) is 2.87. The molecule has 0 saturated carbocycles. The van der Waals surface area contributed by atoms with Gasteiger partial charge in [-0.3, -0.25) is 9.59 Å². The fraction of sp³-hybridized carbons (Fsp3) is 0.188. The second-order valence-corrected chi connectivity index (χ2v) is 6.21. The zero-order chi connectivity index (χ0) is 16.6. The van der Waals surface area contributed by atoms with Gasteiger partial charge in [-0.15, -0.1) is 11.3 Å². The summed E-state index contributed by atoms with van der Waals surface area (Å²) in [5.41, 5.74) is 1.27. The highest BCUT2D eigenvalue weighted by atomic mass is 32.1. The Balaban J connectivity index is 1.86. The van der Waals surface area contributed by atoms with E-state index in [1.165, 1.54) is 34.4 Å². The Morgan fingerprint density at radius 1 is 1.35 bits per heavy atom. The minimum absolute atomic E-state index is 0.165. The molecule has 0 bridgehead atoms. The van der Waals surface area contributed by atoms with Gasteiger partial charge in [-0.2, -0.15) is 0 Å². The molecule has 2 heterocycles. The second-order valence-electron chi connectivity index (χ2n) is 5.21. The lowest BCUT2D eigenvalue weighted by Gasteiger charge is -2.04. The average Bonchev–Trinajstić information content (AvgIpc) is 2.88. The van der Waals surface area contributed by atoms with Crippen molar-refractivity contribution in [3.8, 4) is 0 Å². The number of amides is 1. The summed E-state index contributed by atoms with van der Waals surface area (Å²) in [5, 5.41) is 3.26. The summed E-state index contributed by atoms with van der Waals surface area (Å²) in [6.07, 6.45) is 1.45. The van der Waals surface area contributed by atoms with Gasteiger partial charge in [-0.05, 0) is 30.2 Å². The van der Waals surface area contributed by atoms with Gasteiger partial charge in [0, 0.05) is 13.6 Å². The molecule has 0 aliphatic heterocycles. The van der Waals surface area contributed by atoms with Gasteiger partial charge in [-0.25, -0.2) is 9.37 Å². The molecule has 1 amide bonds. The summed E-state index contributed by atoms with van der Waals surface area (Å²) < 4.78 is 14.3. The van der Waals surface area contributed by atoms with Gasteiger partial charge >= 0.3 is 0 Å². The molecule has 3 rings (SSSR count). The molecule has 3 aromatic rings. The van der Waals surface area contributed by atoms with Gasteiger partial charge in [-0.1, -0.05) is 12.1 Å². The van der Waals surface area contributed by atoms with Crippen LogP contribution in [-0.4, -0.2) is 15.5 Å². The van der Waals surface area contributed by atoms with E-state index >= 15 is 0 Å². The molecule has 23 heavy (non-hydrogen) atoms. The first-order chi connectivity index (χ1) is 11.0. The van der Waals surface area contributed by atoms with Crippen molar-refractivity contribution in [1.82, 2.24) is 14.9 Å². The molecule has 2 aromatic heterocycles. The highest BCUT2D eigenvalue weighted by molar-refractivity contribution is 7.20. The highest BCUT2D eigenvalue weighted by Gasteiger charge is 2.18. The van der Waals surface area contributed by atoms with Crippen molar-refractivity contribution < 1.29 is 9.18 Å². The molecule has 0 spiro atoms. The summed E-state index contributed by atoms with van der Waals surface area (Å²) in [6, 6.07) is 5.93. The topological polar surface area (TPSA) is 64.0 Å². The van der Waals surface area contributed by atoms with E-state index in [4.69, 9.17) is 0 Å². The van der Waals surface area contributed by atoms with Crippen molar-refractivity contribution in [3.63, 3.8) is 0 Å². The normalized spacial score (nSPS) is 10.9. The number of carbonyl (C=O) groups excluding carboxylic acids is 1. The van der Waals surface area contributed by atoms with Crippen LogP contribution in [-0.2, 0) is 13.6 Å². The molecule has 0 aliphatic carbocycles. The number of benzene rings is 1. The lowest BCUT2D eigenvalue weighted by molar-refractivity contribution is 0.0954. The van der Waals surface area contributed by atoms with E-state index < -0.39 is 0 Å². The number of hydrogen-bond donors (Lipinski definition) is 1. The van der Waals surface area contributed by atoms with Crippen LogP contribution in [0.25, 0.3) is 10.2 Å². The molecule has 0 fully saturated rings. The van der Waals surface area contributed by atoms with E-state index in [2.05, 4.69) is 10.3 Å². The van der Waals surface area contributed by atoms with Gasteiger partial charge < -0.3 is 9.88 Å². The van der Waals surface area contributed by atoms with E-state index in [0.29, 0.717) is 20.7 Å². The Morgan fingerprint density at radius 3 is 2.74 bits per heavy atom. The van der Waals surface area contributed by atoms with Gasteiger partial charge in [0.25, 0.3) is 11.5 Å². The number of hydrogen-bond acceptors (Lipinski definition) is 4. The van der Waals surface area contributed by atoms with Crippen LogP contribution in [0.1, 0.15) is 20.8 Å². The van der Waals surface area contributed by atoms with Gasteiger partial charge in [0.2, 0.25) is 0 Å². The summed E-state index contributed by atoms with van der Waals surface area (Å²) in [4.78, 5) is 29.7. The van der Waals surface area contributed by atoms with Crippen LogP contribution >= 0.6 is 11.3 Å². The third-order valence-corrected chi connectivity index (χ3v) is 4.78. The van der Waals surface area contributed by atoms with Crippen molar-refractivity contribution in [2.24, 2.45) is 7.05 Å². The molecule has 0 saturated heterocycles. The van der Waals surface area contributed by atoms with Crippen LogP contribution in [0.3, 0.4) is 0 Å². The van der Waals surface area contributed by atoms with Crippen LogP contribution in [0.5, 0.6) is 0 Å². The Kier molecular flexibility index (Phi) is 3.96. The molecule has 5 nitrogen and oxygen atoms in total. The lowest BCUT2D eigenvalue weighted by atomic mass is 10.2. The summed E-state index contributed by atoms with van der Waals surface area (Å²) in [7, 11) is 1.63. The first-order valence-corrected chi connectivity index (χ1v) is 7.76. The fourth-order valence-corrected chi connectivity index (χ4v) is 3.35. The van der Waals surface area contributed by atoms with Crippen LogP contribution in [0, 0.1) is 12.7 Å². The maximum absolute atomic E-state index is 12.9. The van der Waals surface area contributed by atoms with Crippen molar-refractivity contribution >= 4 is 27.5 Å². The number of halogens is 1. The number of nitrogens with one attached hydrogen (secondary N) is 1. The molecule has 7 heteroatoms. The van der Waals surface area contributed by atoms with Gasteiger partial charge in [0.1, 0.15) is 10.6 Å². The molecular weight excluding hydrogens is 317 g/mol. The molecular formula is C16H14FN3O2S. The maximum Gasteiger partial charge on any atom is 0.262 e. The van der Waals surface area contributed by atoms with Crippen molar-refractivity contribution in [2.45, 2.75) is 13.5 Å². The van der Waals surface area contributed by atoms with Gasteiger partial charge in [0.05, 0.1) is 16.6 Å². The first-order valence-electron chi connectivity index (χ1n) is 6.94. The van der Waals surface area contributed by atoms with E-state index in [1.54, 1.807) is 26.1 Å². The maximum atomic E-state index is 12.9. The Bertz CT molecular complexity index is 944. The quantitative estimate of drug-likeness (QED) is 0.801. The van der Waals surface area contributed by atoms with E-state index in [1.807, 2.05) is 0 Å². The summed E-state index contributed by atoms with van der Waals surface area (Å²) >= 11 is 1.20. The SMILES string of the molecule is Cc1c(C(=O)NCc2ccc(F)cc2)sc2ncn(C)c(=O)c12. The number of aromatic nitrogens is 2. The zero-order valence-corrected chi connectivity index (χ0v) is 13.4. The van der Waals surface area contributed by atoms with Crippen molar-refractivity contribution in [2.75, 3.05) is 0 Å². The average molecular weight is 331 g/mol. The molecule has 1 N–H and O–H groups in total. The van der Waals surface area contributed by atoms with Crippen molar-refractivity contribution in [3.05, 3.63) is 62.8 Å². The molecule has 0 unspecified atom stereocenters. The molecule has 118 valence electrons. The number of fused-ring (bicyclic) bond motifs is 1. The number of aryl methyl sites for hydroxylation is 2. The highest BCUT2D eigenvalue weighted by Crippen LogP contribution is 2.26. The van der Waals surface area contributed by atoms with E-state index in [9.17, 15) is 14.0 Å². The van der Waals surface area contributed by atoms with Crippen LogP contribution < -0.4 is 10.9 Å². The van der Waals surface area contributed by atoms with Crippen LogP contribution in [0.15, 0.2) is 35.4 Å². The Labute approximate surface area is 135 Å². The third-order valence-electron chi connectivity index (χ3n) is 3.58. The molecule has 0 radical (unpaired) electrons. The Hall–Kier alpha value is -2.54. The predicted molar refractivity (Wildman–Crippen MR) is 87.2 cm³/mol. The predicted octanol–water partition coefficient (Wildman–Crippen LogP) is 2.37. The number of carbonyl (C=O) groups is 1. The molecule has 0 aliphatic rings. The van der Waals surface area contributed by atoms with Crippen LogP contribution in [0.2, 0.25) is 0 Å². The molecule has 0 atom stereocenters. The van der Waals surface area contributed by atoms with Gasteiger partial charge in [0.15, 0.2) is 0 Å². The van der Waals surface area contributed by atoms with Crippen LogP contribution in [0.4, 0.5) is 4.39 Å². The monoisotopic (exact) mass is 331 g/mol. The second kappa shape index (κ2) is 5.92.